The van der Waals surface area contributed by atoms with Gasteiger partial charge in [-0.25, -0.2) is 14.5 Å². The van der Waals surface area contributed by atoms with E-state index in [1.807, 2.05) is 0 Å². The zero-order valence-electron chi connectivity index (χ0n) is 13.0. The highest BCUT2D eigenvalue weighted by Crippen LogP contribution is 2.49. The fourth-order valence-electron chi connectivity index (χ4n) is 2.23. The second-order valence-corrected chi connectivity index (χ2v) is 6.08. The minimum absolute atomic E-state index is 0.127. The van der Waals surface area contributed by atoms with Crippen LogP contribution in [0.1, 0.15) is 48.0 Å². The number of hydrogen-bond acceptors (Lipinski definition) is 5. The number of carbonyl (C=O) groups is 3. The number of esters is 1. The van der Waals surface area contributed by atoms with Crippen LogP contribution in [0.25, 0.3) is 0 Å². The van der Waals surface area contributed by atoms with E-state index in [2.05, 4.69) is 0 Å². The Hall–Kier alpha value is -1.59. The summed E-state index contributed by atoms with van der Waals surface area (Å²) in [7, 11) is 0. The minimum Gasteiger partial charge on any atom is -0.464 e. The molecular formula is C14H23NO5. The summed E-state index contributed by atoms with van der Waals surface area (Å²) in [5.41, 5.74) is -1.94. The van der Waals surface area contributed by atoms with Crippen molar-refractivity contribution in [3.8, 4) is 0 Å². The summed E-state index contributed by atoms with van der Waals surface area (Å²) in [5, 5.41) is 0. The van der Waals surface area contributed by atoms with Crippen LogP contribution in [0.4, 0.5) is 4.79 Å². The third-order valence-corrected chi connectivity index (χ3v) is 3.19. The molecule has 0 bridgehead atoms. The van der Waals surface area contributed by atoms with Crippen LogP contribution < -0.4 is 0 Å². The van der Waals surface area contributed by atoms with Crippen LogP contribution in [0.15, 0.2) is 0 Å². The van der Waals surface area contributed by atoms with Gasteiger partial charge in [-0.1, -0.05) is 6.92 Å². The van der Waals surface area contributed by atoms with E-state index in [0.29, 0.717) is 6.42 Å². The summed E-state index contributed by atoms with van der Waals surface area (Å²) in [5.74, 6) is -1.19. The van der Waals surface area contributed by atoms with Gasteiger partial charge in [-0.15, -0.1) is 0 Å². The maximum atomic E-state index is 12.2. The molecule has 0 aromatic rings. The smallest absolute Gasteiger partial charge is 0.418 e. The van der Waals surface area contributed by atoms with E-state index in [4.69, 9.17) is 9.47 Å². The molecule has 0 spiro atoms. The molecule has 1 aliphatic carbocycles. The average molecular weight is 285 g/mol. The quantitative estimate of drug-likeness (QED) is 0.743. The van der Waals surface area contributed by atoms with Gasteiger partial charge in [0.2, 0.25) is 5.91 Å². The molecule has 1 saturated carbocycles. The number of amides is 2. The summed E-state index contributed by atoms with van der Waals surface area (Å²) < 4.78 is 10.2. The standard InChI is InChI=1S/C14H23NO5/c1-7-19-11(17)14(8-9(14)2)15(10(3)16)12(18)20-13(4,5)6/h9H,7-8H2,1-6H3/t9-,14+/m1/s1. The fraction of sp³-hybridized carbons (Fsp3) is 0.786. The zero-order chi connectivity index (χ0) is 15.7. The van der Waals surface area contributed by atoms with Gasteiger partial charge in [0.15, 0.2) is 5.54 Å². The minimum atomic E-state index is -1.20. The second-order valence-electron chi connectivity index (χ2n) is 6.08. The number of nitrogens with zero attached hydrogens (tertiary/aromatic N) is 1. The van der Waals surface area contributed by atoms with Crippen molar-refractivity contribution in [1.29, 1.82) is 0 Å². The van der Waals surface area contributed by atoms with Crippen molar-refractivity contribution >= 4 is 18.0 Å². The second kappa shape index (κ2) is 5.42. The van der Waals surface area contributed by atoms with Gasteiger partial charge in [0, 0.05) is 6.92 Å². The van der Waals surface area contributed by atoms with Gasteiger partial charge in [-0.05, 0) is 40.0 Å². The van der Waals surface area contributed by atoms with E-state index >= 15 is 0 Å². The van der Waals surface area contributed by atoms with Crippen LogP contribution in [-0.4, -0.2) is 40.6 Å². The Kier molecular flexibility index (Phi) is 4.46. The van der Waals surface area contributed by atoms with Crippen LogP contribution >= 0.6 is 0 Å². The lowest BCUT2D eigenvalue weighted by atomic mass is 10.1. The first kappa shape index (κ1) is 16.5. The van der Waals surface area contributed by atoms with E-state index in [-0.39, 0.29) is 12.5 Å². The van der Waals surface area contributed by atoms with Crippen LogP contribution in [0.5, 0.6) is 0 Å². The highest BCUT2D eigenvalue weighted by Gasteiger charge is 2.66. The molecule has 0 unspecified atom stereocenters. The number of hydrogen-bond donors (Lipinski definition) is 0. The van der Waals surface area contributed by atoms with Crippen molar-refractivity contribution in [2.75, 3.05) is 6.61 Å². The molecule has 0 N–H and O–H groups in total. The Morgan fingerprint density at radius 3 is 2.10 bits per heavy atom. The van der Waals surface area contributed by atoms with Crippen LogP contribution in [0.2, 0.25) is 0 Å². The molecule has 2 atom stereocenters. The van der Waals surface area contributed by atoms with Crippen molar-refractivity contribution in [2.45, 2.75) is 59.1 Å². The van der Waals surface area contributed by atoms with Crippen LogP contribution in [-0.2, 0) is 19.1 Å². The largest absolute Gasteiger partial charge is 0.464 e. The lowest BCUT2D eigenvalue weighted by molar-refractivity contribution is -0.156. The zero-order valence-corrected chi connectivity index (χ0v) is 13.0. The summed E-state index contributed by atoms with van der Waals surface area (Å²) in [6.45, 7) is 10.1. The van der Waals surface area contributed by atoms with Crippen LogP contribution in [0, 0.1) is 5.92 Å². The summed E-state index contributed by atoms with van der Waals surface area (Å²) in [6, 6.07) is 0. The molecule has 114 valence electrons. The Morgan fingerprint density at radius 2 is 1.80 bits per heavy atom. The van der Waals surface area contributed by atoms with Crippen molar-refractivity contribution in [2.24, 2.45) is 5.92 Å². The molecule has 1 rings (SSSR count). The first-order chi connectivity index (χ1) is 9.06. The molecule has 2 amide bonds. The van der Waals surface area contributed by atoms with Crippen molar-refractivity contribution < 1.29 is 23.9 Å². The van der Waals surface area contributed by atoms with E-state index < -0.39 is 29.1 Å². The Labute approximate surface area is 119 Å². The molecular weight excluding hydrogens is 262 g/mol. The maximum Gasteiger partial charge on any atom is 0.418 e. The van der Waals surface area contributed by atoms with Gasteiger partial charge < -0.3 is 9.47 Å². The van der Waals surface area contributed by atoms with Crippen molar-refractivity contribution in [3.05, 3.63) is 0 Å². The van der Waals surface area contributed by atoms with Gasteiger partial charge in [0.25, 0.3) is 0 Å². The predicted octanol–water partition coefficient (Wildman–Crippen LogP) is 2.11. The molecule has 0 aliphatic heterocycles. The summed E-state index contributed by atoms with van der Waals surface area (Å²) in [4.78, 5) is 37.1. The predicted molar refractivity (Wildman–Crippen MR) is 71.9 cm³/mol. The molecule has 6 nitrogen and oxygen atoms in total. The van der Waals surface area contributed by atoms with Gasteiger partial charge >= 0.3 is 12.1 Å². The molecule has 1 fully saturated rings. The Morgan fingerprint density at radius 1 is 1.30 bits per heavy atom. The summed E-state index contributed by atoms with van der Waals surface area (Å²) in [6.07, 6.45) is -0.396. The summed E-state index contributed by atoms with van der Waals surface area (Å²) >= 11 is 0. The van der Waals surface area contributed by atoms with Gasteiger partial charge in [-0.2, -0.15) is 0 Å². The molecule has 0 radical (unpaired) electrons. The highest BCUT2D eigenvalue weighted by atomic mass is 16.6. The SMILES string of the molecule is CCOC(=O)[C@]1(N(C(C)=O)C(=O)OC(C)(C)C)C[C@H]1C. The van der Waals surface area contributed by atoms with Crippen molar-refractivity contribution in [3.63, 3.8) is 0 Å². The molecule has 20 heavy (non-hydrogen) atoms. The lowest BCUT2D eigenvalue weighted by Gasteiger charge is -2.30. The molecule has 0 aromatic carbocycles. The van der Waals surface area contributed by atoms with E-state index in [9.17, 15) is 14.4 Å². The van der Waals surface area contributed by atoms with E-state index in [1.54, 1.807) is 34.6 Å². The average Bonchev–Trinajstić information content (AvgIpc) is 2.88. The third kappa shape index (κ3) is 3.11. The number of imide groups is 1. The molecule has 6 heteroatoms. The third-order valence-electron chi connectivity index (χ3n) is 3.19. The van der Waals surface area contributed by atoms with Gasteiger partial charge in [0.1, 0.15) is 5.60 Å². The molecule has 0 aromatic heterocycles. The first-order valence-corrected chi connectivity index (χ1v) is 6.77. The van der Waals surface area contributed by atoms with Gasteiger partial charge in [-0.3, -0.25) is 4.79 Å². The normalized spacial score (nSPS) is 24.8. The number of carbonyl (C=O) groups excluding carboxylic acids is 3. The molecule has 0 saturated heterocycles. The highest BCUT2D eigenvalue weighted by molar-refractivity contribution is 6.00. The van der Waals surface area contributed by atoms with Crippen LogP contribution in [0.3, 0.4) is 0 Å². The number of rotatable bonds is 3. The van der Waals surface area contributed by atoms with E-state index in [1.165, 1.54) is 6.92 Å². The van der Waals surface area contributed by atoms with Crippen molar-refractivity contribution in [1.82, 2.24) is 4.90 Å². The Bertz CT molecular complexity index is 426. The van der Waals surface area contributed by atoms with E-state index in [0.717, 1.165) is 4.90 Å². The molecule has 1 aliphatic rings. The topological polar surface area (TPSA) is 72.9 Å². The monoisotopic (exact) mass is 285 g/mol. The lowest BCUT2D eigenvalue weighted by Crippen LogP contribution is -2.53. The Balaban J connectivity index is 3.04. The first-order valence-electron chi connectivity index (χ1n) is 6.77. The maximum absolute atomic E-state index is 12.2. The molecule has 0 heterocycles. The number of ether oxygens (including phenoxy) is 2. The van der Waals surface area contributed by atoms with Gasteiger partial charge in [0.05, 0.1) is 6.61 Å². The fourth-order valence-corrected chi connectivity index (χ4v) is 2.23.